The van der Waals surface area contributed by atoms with Crippen LogP contribution in [-0.4, -0.2) is 21.8 Å². The monoisotopic (exact) mass is 230 g/mol. The Morgan fingerprint density at radius 1 is 1.47 bits per heavy atom. The van der Waals surface area contributed by atoms with Crippen molar-refractivity contribution in [1.29, 1.82) is 0 Å². The molecule has 3 rings (SSSR count). The summed E-state index contributed by atoms with van der Waals surface area (Å²) in [6.07, 6.45) is 5.20. The first kappa shape index (κ1) is 10.8. The fourth-order valence-corrected chi connectivity index (χ4v) is 2.32. The lowest BCUT2D eigenvalue weighted by Crippen LogP contribution is -2.34. The molecular weight excluding hydrogens is 212 g/mol. The minimum Gasteiger partial charge on any atom is -0.334 e. The van der Waals surface area contributed by atoms with Gasteiger partial charge in [-0.1, -0.05) is 13.0 Å². The van der Waals surface area contributed by atoms with Gasteiger partial charge in [0.1, 0.15) is 0 Å². The number of aromatic nitrogens is 1. The molecule has 1 aromatic rings. The van der Waals surface area contributed by atoms with E-state index in [0.717, 1.165) is 12.1 Å². The molecule has 1 aromatic heterocycles. The van der Waals surface area contributed by atoms with E-state index >= 15 is 0 Å². The Kier molecular flexibility index (Phi) is 2.61. The predicted molar refractivity (Wildman–Crippen MR) is 65.1 cm³/mol. The molecule has 0 saturated heterocycles. The smallest absolute Gasteiger partial charge is 0.226 e. The number of carbonyl (C=O) groups is 1. The molecule has 2 fully saturated rings. The molecule has 0 bridgehead atoms. The molecule has 90 valence electrons. The van der Waals surface area contributed by atoms with Crippen LogP contribution >= 0.6 is 0 Å². The predicted octanol–water partition coefficient (Wildman–Crippen LogP) is 2.23. The number of hydrogen-bond donors (Lipinski definition) is 0. The Morgan fingerprint density at radius 3 is 2.76 bits per heavy atom. The summed E-state index contributed by atoms with van der Waals surface area (Å²) in [4.78, 5) is 18.7. The minimum atomic E-state index is 0.291. The third kappa shape index (κ3) is 2.33. The number of amides is 1. The maximum Gasteiger partial charge on any atom is 0.226 e. The number of rotatable bonds is 4. The van der Waals surface area contributed by atoms with E-state index in [1.807, 2.05) is 18.2 Å². The summed E-state index contributed by atoms with van der Waals surface area (Å²) in [7, 11) is 0. The van der Waals surface area contributed by atoms with Crippen molar-refractivity contribution in [1.82, 2.24) is 9.88 Å². The first-order valence-corrected chi connectivity index (χ1v) is 6.46. The van der Waals surface area contributed by atoms with Crippen LogP contribution in [0.4, 0.5) is 0 Å². The number of carbonyl (C=O) groups excluding carboxylic acids is 1. The molecule has 1 heterocycles. The Morgan fingerprint density at radius 2 is 2.24 bits per heavy atom. The summed E-state index contributed by atoms with van der Waals surface area (Å²) in [5.74, 6) is 1.23. The van der Waals surface area contributed by atoms with Crippen molar-refractivity contribution in [3.8, 4) is 0 Å². The van der Waals surface area contributed by atoms with E-state index in [0.29, 0.717) is 30.3 Å². The third-order valence-corrected chi connectivity index (χ3v) is 3.76. The van der Waals surface area contributed by atoms with Crippen molar-refractivity contribution < 1.29 is 4.79 Å². The second-order valence-corrected chi connectivity index (χ2v) is 5.34. The van der Waals surface area contributed by atoms with Crippen molar-refractivity contribution in [2.45, 2.75) is 38.8 Å². The quantitative estimate of drug-likeness (QED) is 0.794. The van der Waals surface area contributed by atoms with Gasteiger partial charge in [-0.05, 0) is 37.3 Å². The average molecular weight is 230 g/mol. The van der Waals surface area contributed by atoms with Crippen molar-refractivity contribution >= 4 is 5.91 Å². The molecule has 0 aliphatic heterocycles. The summed E-state index contributed by atoms with van der Waals surface area (Å²) in [5.41, 5.74) is 1.00. The summed E-state index contributed by atoms with van der Waals surface area (Å²) in [6.45, 7) is 2.85. The van der Waals surface area contributed by atoms with Gasteiger partial charge >= 0.3 is 0 Å². The highest BCUT2D eigenvalue weighted by atomic mass is 16.2. The Bertz CT molecular complexity index is 413. The molecule has 17 heavy (non-hydrogen) atoms. The second kappa shape index (κ2) is 4.13. The van der Waals surface area contributed by atoms with Crippen LogP contribution in [0, 0.1) is 11.8 Å². The molecular formula is C14H18N2O. The standard InChI is InChI=1S/C14H18N2O/c1-10-8-13(10)14(17)16(12-5-6-12)9-11-4-2-3-7-15-11/h2-4,7,10,12-13H,5-6,8-9H2,1H3/t10-,13-/m1/s1. The van der Waals surface area contributed by atoms with Gasteiger partial charge in [0.05, 0.1) is 12.2 Å². The Labute approximate surface area is 102 Å². The van der Waals surface area contributed by atoms with Crippen LogP contribution in [0.1, 0.15) is 31.9 Å². The lowest BCUT2D eigenvalue weighted by molar-refractivity contribution is -0.134. The minimum absolute atomic E-state index is 0.291. The van der Waals surface area contributed by atoms with Crippen LogP contribution in [-0.2, 0) is 11.3 Å². The van der Waals surface area contributed by atoms with E-state index < -0.39 is 0 Å². The lowest BCUT2D eigenvalue weighted by Gasteiger charge is -2.22. The Balaban J connectivity index is 1.70. The van der Waals surface area contributed by atoms with Crippen LogP contribution in [0.15, 0.2) is 24.4 Å². The molecule has 3 nitrogen and oxygen atoms in total. The highest BCUT2D eigenvalue weighted by Gasteiger charge is 2.45. The van der Waals surface area contributed by atoms with Crippen LogP contribution in [0.3, 0.4) is 0 Å². The molecule has 2 aliphatic rings. The fourth-order valence-electron chi connectivity index (χ4n) is 2.32. The normalized spacial score (nSPS) is 26.6. The molecule has 0 radical (unpaired) electrons. The summed E-state index contributed by atoms with van der Waals surface area (Å²) < 4.78 is 0. The highest BCUT2D eigenvalue weighted by molar-refractivity contribution is 5.82. The van der Waals surface area contributed by atoms with Crippen LogP contribution in [0.25, 0.3) is 0 Å². The molecule has 1 amide bonds. The molecule has 2 aliphatic carbocycles. The lowest BCUT2D eigenvalue weighted by atomic mass is 10.2. The van der Waals surface area contributed by atoms with Gasteiger partial charge in [-0.15, -0.1) is 0 Å². The zero-order chi connectivity index (χ0) is 11.8. The van der Waals surface area contributed by atoms with E-state index in [1.165, 1.54) is 12.8 Å². The maximum absolute atomic E-state index is 12.3. The first-order valence-electron chi connectivity index (χ1n) is 6.46. The molecule has 2 saturated carbocycles. The fraction of sp³-hybridized carbons (Fsp3) is 0.571. The molecule has 0 unspecified atom stereocenters. The third-order valence-electron chi connectivity index (χ3n) is 3.76. The largest absolute Gasteiger partial charge is 0.334 e. The topological polar surface area (TPSA) is 33.2 Å². The SMILES string of the molecule is C[C@@H]1C[C@H]1C(=O)N(Cc1ccccn1)C1CC1. The van der Waals surface area contributed by atoms with E-state index in [1.54, 1.807) is 6.20 Å². The van der Waals surface area contributed by atoms with Crippen LogP contribution in [0.5, 0.6) is 0 Å². The maximum atomic E-state index is 12.3. The summed E-state index contributed by atoms with van der Waals surface area (Å²) in [5, 5.41) is 0. The van der Waals surface area contributed by atoms with E-state index in [2.05, 4.69) is 16.8 Å². The first-order chi connectivity index (χ1) is 8.25. The highest BCUT2D eigenvalue weighted by Crippen LogP contribution is 2.41. The van der Waals surface area contributed by atoms with Crippen molar-refractivity contribution in [2.75, 3.05) is 0 Å². The zero-order valence-electron chi connectivity index (χ0n) is 10.2. The van der Waals surface area contributed by atoms with Gasteiger partial charge in [0, 0.05) is 18.2 Å². The average Bonchev–Trinajstić information content (AvgIpc) is 3.22. The van der Waals surface area contributed by atoms with Gasteiger partial charge < -0.3 is 4.90 Å². The van der Waals surface area contributed by atoms with E-state index in [9.17, 15) is 4.79 Å². The summed E-state index contributed by atoms with van der Waals surface area (Å²) >= 11 is 0. The van der Waals surface area contributed by atoms with Crippen molar-refractivity contribution in [2.24, 2.45) is 11.8 Å². The number of hydrogen-bond acceptors (Lipinski definition) is 2. The van der Waals surface area contributed by atoms with Gasteiger partial charge in [-0.25, -0.2) is 0 Å². The second-order valence-electron chi connectivity index (χ2n) is 5.34. The van der Waals surface area contributed by atoms with E-state index in [4.69, 9.17) is 0 Å². The van der Waals surface area contributed by atoms with Gasteiger partial charge in [0.15, 0.2) is 0 Å². The molecule has 2 atom stereocenters. The van der Waals surface area contributed by atoms with Crippen molar-refractivity contribution in [3.05, 3.63) is 30.1 Å². The number of nitrogens with zero attached hydrogens (tertiary/aromatic N) is 2. The zero-order valence-corrected chi connectivity index (χ0v) is 10.2. The van der Waals surface area contributed by atoms with Crippen molar-refractivity contribution in [3.63, 3.8) is 0 Å². The number of pyridine rings is 1. The van der Waals surface area contributed by atoms with Crippen LogP contribution < -0.4 is 0 Å². The summed E-state index contributed by atoms with van der Waals surface area (Å²) in [6, 6.07) is 6.38. The van der Waals surface area contributed by atoms with Gasteiger partial charge in [-0.3, -0.25) is 9.78 Å². The molecule has 0 spiro atoms. The molecule has 0 N–H and O–H groups in total. The van der Waals surface area contributed by atoms with Crippen LogP contribution in [0.2, 0.25) is 0 Å². The molecule has 0 aromatic carbocycles. The van der Waals surface area contributed by atoms with Gasteiger partial charge in [0.2, 0.25) is 5.91 Å². The van der Waals surface area contributed by atoms with E-state index in [-0.39, 0.29) is 0 Å². The van der Waals surface area contributed by atoms with Gasteiger partial charge in [0.25, 0.3) is 0 Å². The Hall–Kier alpha value is -1.38. The van der Waals surface area contributed by atoms with Gasteiger partial charge in [-0.2, -0.15) is 0 Å². The molecule has 3 heteroatoms.